The van der Waals surface area contributed by atoms with Crippen LogP contribution in [-0.2, 0) is 11.2 Å². The van der Waals surface area contributed by atoms with Gasteiger partial charge in [-0.15, -0.1) is 0 Å². The van der Waals surface area contributed by atoms with Crippen molar-refractivity contribution in [3.63, 3.8) is 0 Å². The number of alkyl carbamates (subject to hydrolysis) is 1. The van der Waals surface area contributed by atoms with Gasteiger partial charge >= 0.3 is 6.09 Å². The number of carbonyl (C=O) groups is 1. The lowest BCUT2D eigenvalue weighted by molar-refractivity contribution is 0.0529. The molecule has 2 N–H and O–H groups in total. The van der Waals surface area contributed by atoms with E-state index in [4.69, 9.17) is 4.74 Å². The summed E-state index contributed by atoms with van der Waals surface area (Å²) in [4.78, 5) is 11.4. The zero-order valence-electron chi connectivity index (χ0n) is 12.9. The van der Waals surface area contributed by atoms with Crippen molar-refractivity contribution in [2.45, 2.75) is 39.2 Å². The van der Waals surface area contributed by atoms with Crippen LogP contribution >= 0.6 is 0 Å². The van der Waals surface area contributed by atoms with Crippen molar-refractivity contribution in [1.29, 1.82) is 0 Å². The zero-order chi connectivity index (χ0) is 15.3. The molecule has 1 heterocycles. The molecule has 1 aliphatic rings. The van der Waals surface area contributed by atoms with Crippen LogP contribution in [0.4, 0.5) is 10.5 Å². The lowest BCUT2D eigenvalue weighted by Gasteiger charge is -2.19. The lowest BCUT2D eigenvalue weighted by atomic mass is 10.1. The molecule has 0 unspecified atom stereocenters. The molecule has 0 spiro atoms. The van der Waals surface area contributed by atoms with Crippen molar-refractivity contribution >= 4 is 11.8 Å². The Bertz CT molecular complexity index is 577. The van der Waals surface area contributed by atoms with Crippen molar-refractivity contribution < 1.29 is 9.53 Å². The second-order valence-corrected chi connectivity index (χ2v) is 6.03. The third kappa shape index (κ3) is 5.03. The molecule has 0 saturated carbocycles. The first-order valence-corrected chi connectivity index (χ1v) is 7.26. The Hall–Kier alpha value is -2.15. The summed E-state index contributed by atoms with van der Waals surface area (Å²) in [6, 6.07) is 6.22. The molecule has 112 valence electrons. The third-order valence-electron chi connectivity index (χ3n) is 2.97. The highest BCUT2D eigenvalue weighted by molar-refractivity contribution is 5.67. The fourth-order valence-electron chi connectivity index (χ4n) is 2.09. The third-order valence-corrected chi connectivity index (χ3v) is 2.97. The largest absolute Gasteiger partial charge is 0.444 e. The van der Waals surface area contributed by atoms with Crippen molar-refractivity contribution in [3.8, 4) is 11.8 Å². The van der Waals surface area contributed by atoms with E-state index in [9.17, 15) is 4.79 Å². The Morgan fingerprint density at radius 1 is 1.43 bits per heavy atom. The molecule has 0 saturated heterocycles. The summed E-state index contributed by atoms with van der Waals surface area (Å²) in [7, 11) is 0. The standard InChI is InChI=1S/C17H22N2O2/c1-17(2,3)21-16(20)19-10-5-4-6-13-7-8-15-14(12-13)9-11-18-15/h7-8,12,18H,5,9-11H2,1-3H3,(H,19,20). The van der Waals surface area contributed by atoms with Gasteiger partial charge in [0.05, 0.1) is 0 Å². The Kier molecular flexibility index (Phi) is 4.74. The molecule has 1 aromatic rings. The maximum absolute atomic E-state index is 11.4. The van der Waals surface area contributed by atoms with Gasteiger partial charge in [-0.1, -0.05) is 11.8 Å². The molecule has 21 heavy (non-hydrogen) atoms. The van der Waals surface area contributed by atoms with Gasteiger partial charge in [-0.25, -0.2) is 4.79 Å². The summed E-state index contributed by atoms with van der Waals surface area (Å²) in [6.07, 6.45) is 1.27. The van der Waals surface area contributed by atoms with E-state index in [-0.39, 0.29) is 0 Å². The number of benzene rings is 1. The van der Waals surface area contributed by atoms with Gasteiger partial charge in [0.1, 0.15) is 5.60 Å². The summed E-state index contributed by atoms with van der Waals surface area (Å²) < 4.78 is 5.15. The van der Waals surface area contributed by atoms with Gasteiger partial charge in [0.15, 0.2) is 0 Å². The average molecular weight is 286 g/mol. The number of amides is 1. The van der Waals surface area contributed by atoms with Crippen molar-refractivity contribution in [2.24, 2.45) is 0 Å². The molecule has 1 aromatic carbocycles. The van der Waals surface area contributed by atoms with Gasteiger partial charge < -0.3 is 15.4 Å². The first-order valence-electron chi connectivity index (χ1n) is 7.26. The normalized spacial score (nSPS) is 12.7. The predicted molar refractivity (Wildman–Crippen MR) is 84.4 cm³/mol. The van der Waals surface area contributed by atoms with Gasteiger partial charge in [0.2, 0.25) is 0 Å². The second kappa shape index (κ2) is 6.53. The van der Waals surface area contributed by atoms with Crippen LogP contribution in [0.2, 0.25) is 0 Å². The maximum atomic E-state index is 11.4. The Morgan fingerprint density at radius 3 is 3.00 bits per heavy atom. The average Bonchev–Trinajstić information content (AvgIpc) is 2.83. The van der Waals surface area contributed by atoms with E-state index >= 15 is 0 Å². The summed E-state index contributed by atoms with van der Waals surface area (Å²) >= 11 is 0. The Morgan fingerprint density at radius 2 is 2.24 bits per heavy atom. The fraction of sp³-hybridized carbons (Fsp3) is 0.471. The molecule has 0 radical (unpaired) electrons. The highest BCUT2D eigenvalue weighted by Crippen LogP contribution is 2.22. The molecule has 0 aromatic heterocycles. The number of fused-ring (bicyclic) bond motifs is 1. The van der Waals surface area contributed by atoms with Crippen LogP contribution in [0.1, 0.15) is 38.3 Å². The smallest absolute Gasteiger partial charge is 0.407 e. The van der Waals surface area contributed by atoms with Crippen LogP contribution in [0.15, 0.2) is 18.2 Å². The van der Waals surface area contributed by atoms with E-state index in [0.717, 1.165) is 18.5 Å². The fourth-order valence-corrected chi connectivity index (χ4v) is 2.09. The van der Waals surface area contributed by atoms with Gasteiger partial charge in [0, 0.05) is 30.8 Å². The van der Waals surface area contributed by atoms with E-state index in [1.165, 1.54) is 11.3 Å². The SMILES string of the molecule is CC(C)(C)OC(=O)NCCC#Cc1ccc2c(c1)CCN2. The molecule has 2 rings (SSSR count). The Labute approximate surface area is 126 Å². The number of nitrogens with one attached hydrogen (secondary N) is 2. The van der Waals surface area contributed by atoms with Crippen LogP contribution in [0.3, 0.4) is 0 Å². The van der Waals surface area contributed by atoms with E-state index in [1.54, 1.807) is 0 Å². The lowest BCUT2D eigenvalue weighted by Crippen LogP contribution is -2.32. The van der Waals surface area contributed by atoms with Crippen LogP contribution in [-0.4, -0.2) is 24.8 Å². The molecular weight excluding hydrogens is 264 g/mol. The van der Waals surface area contributed by atoms with Crippen LogP contribution in [0.5, 0.6) is 0 Å². The minimum atomic E-state index is -0.464. The van der Waals surface area contributed by atoms with E-state index in [1.807, 2.05) is 26.8 Å². The minimum absolute atomic E-state index is 0.395. The monoisotopic (exact) mass is 286 g/mol. The molecule has 0 atom stereocenters. The van der Waals surface area contributed by atoms with Crippen LogP contribution in [0.25, 0.3) is 0 Å². The number of hydrogen-bond acceptors (Lipinski definition) is 3. The van der Waals surface area contributed by atoms with Gasteiger partial charge in [-0.05, 0) is 51.0 Å². The quantitative estimate of drug-likeness (QED) is 0.649. The van der Waals surface area contributed by atoms with Crippen LogP contribution < -0.4 is 10.6 Å². The number of rotatable bonds is 2. The molecule has 0 fully saturated rings. The van der Waals surface area contributed by atoms with Gasteiger partial charge in [-0.3, -0.25) is 0 Å². The van der Waals surface area contributed by atoms with Crippen molar-refractivity contribution in [1.82, 2.24) is 5.32 Å². The molecule has 0 aliphatic carbocycles. The molecule has 4 nitrogen and oxygen atoms in total. The van der Waals surface area contributed by atoms with Crippen LogP contribution in [0, 0.1) is 11.8 Å². The van der Waals surface area contributed by atoms with Gasteiger partial charge in [0.25, 0.3) is 0 Å². The Balaban J connectivity index is 1.76. The zero-order valence-corrected chi connectivity index (χ0v) is 12.9. The summed E-state index contributed by atoms with van der Waals surface area (Å²) in [6.45, 7) is 7.03. The molecule has 1 amide bonds. The van der Waals surface area contributed by atoms with E-state index in [2.05, 4.69) is 34.6 Å². The topological polar surface area (TPSA) is 50.4 Å². The van der Waals surface area contributed by atoms with E-state index < -0.39 is 11.7 Å². The van der Waals surface area contributed by atoms with Crippen molar-refractivity contribution in [3.05, 3.63) is 29.3 Å². The van der Waals surface area contributed by atoms with Gasteiger partial charge in [-0.2, -0.15) is 0 Å². The summed E-state index contributed by atoms with van der Waals surface area (Å²) in [5.74, 6) is 6.20. The van der Waals surface area contributed by atoms with E-state index in [0.29, 0.717) is 13.0 Å². The highest BCUT2D eigenvalue weighted by Gasteiger charge is 2.15. The first-order chi connectivity index (χ1) is 9.94. The number of anilines is 1. The molecule has 0 bridgehead atoms. The maximum Gasteiger partial charge on any atom is 0.407 e. The summed E-state index contributed by atoms with van der Waals surface area (Å²) in [5.41, 5.74) is 3.10. The first kappa shape index (κ1) is 15.2. The van der Waals surface area contributed by atoms with Crippen molar-refractivity contribution in [2.75, 3.05) is 18.4 Å². The number of ether oxygens (including phenoxy) is 1. The summed E-state index contributed by atoms with van der Waals surface area (Å²) in [5, 5.41) is 6.02. The highest BCUT2D eigenvalue weighted by atomic mass is 16.6. The number of hydrogen-bond donors (Lipinski definition) is 2. The molecular formula is C17H22N2O2. The minimum Gasteiger partial charge on any atom is -0.444 e. The number of carbonyl (C=O) groups excluding carboxylic acids is 1. The molecule has 1 aliphatic heterocycles. The predicted octanol–water partition coefficient (Wildman–Crippen LogP) is 2.92. The molecule has 4 heteroatoms. The second-order valence-electron chi connectivity index (χ2n) is 6.03.